The molecule has 0 radical (unpaired) electrons. The van der Waals surface area contributed by atoms with Crippen molar-refractivity contribution >= 4 is 11.6 Å². The lowest BCUT2D eigenvalue weighted by atomic mass is 9.47. The Hall–Kier alpha value is -1.86. The molecular formula is C20H24N2O2. The molecule has 0 aromatic heterocycles. The molecule has 1 aromatic carbocycles. The lowest BCUT2D eigenvalue weighted by Crippen LogP contribution is -2.55. The van der Waals surface area contributed by atoms with Gasteiger partial charge >= 0.3 is 0 Å². The standard InChI is InChI=1S/C20H24N2O2/c21-12-14-2-1-3-17(7-14)22-18(23)4-5-19-8-15-6-16(9-19)11-20(24,10-15)13-19/h1-3,7,15-16,24H,4-6,8-11,13H2,(H,22,23). The van der Waals surface area contributed by atoms with Gasteiger partial charge in [0.2, 0.25) is 5.91 Å². The number of amides is 1. The summed E-state index contributed by atoms with van der Waals surface area (Å²) in [6.45, 7) is 0. The van der Waals surface area contributed by atoms with Crippen LogP contribution < -0.4 is 5.32 Å². The number of anilines is 1. The summed E-state index contributed by atoms with van der Waals surface area (Å²) in [4.78, 5) is 12.3. The number of benzene rings is 1. The van der Waals surface area contributed by atoms with Crippen molar-refractivity contribution in [3.8, 4) is 6.07 Å². The fraction of sp³-hybridized carbons (Fsp3) is 0.600. The van der Waals surface area contributed by atoms with Crippen molar-refractivity contribution in [2.24, 2.45) is 17.3 Å². The molecule has 4 fully saturated rings. The summed E-state index contributed by atoms with van der Waals surface area (Å²) in [6, 6.07) is 9.11. The molecule has 1 aromatic rings. The molecule has 4 saturated carbocycles. The minimum absolute atomic E-state index is 0.00725. The Kier molecular flexibility index (Phi) is 3.65. The van der Waals surface area contributed by atoms with Crippen molar-refractivity contribution in [1.82, 2.24) is 0 Å². The number of nitrogens with zero attached hydrogens (tertiary/aromatic N) is 1. The van der Waals surface area contributed by atoms with Crippen LogP contribution in [0.5, 0.6) is 0 Å². The molecule has 2 unspecified atom stereocenters. The smallest absolute Gasteiger partial charge is 0.224 e. The maximum Gasteiger partial charge on any atom is 0.224 e. The van der Waals surface area contributed by atoms with E-state index < -0.39 is 5.60 Å². The minimum Gasteiger partial charge on any atom is -0.390 e. The van der Waals surface area contributed by atoms with Gasteiger partial charge in [0.05, 0.1) is 17.2 Å². The first-order valence-corrected chi connectivity index (χ1v) is 9.00. The van der Waals surface area contributed by atoms with E-state index in [4.69, 9.17) is 5.26 Å². The van der Waals surface area contributed by atoms with Crippen LogP contribution in [0, 0.1) is 28.6 Å². The molecule has 4 aliphatic rings. The molecule has 4 aliphatic carbocycles. The molecule has 1 amide bonds. The number of hydrogen-bond acceptors (Lipinski definition) is 3. The molecular weight excluding hydrogens is 300 g/mol. The van der Waals surface area contributed by atoms with Crippen molar-refractivity contribution in [2.45, 2.75) is 57.0 Å². The lowest BCUT2D eigenvalue weighted by Gasteiger charge is -2.60. The molecule has 24 heavy (non-hydrogen) atoms. The van der Waals surface area contributed by atoms with Crippen LogP contribution in [0.4, 0.5) is 5.69 Å². The summed E-state index contributed by atoms with van der Waals surface area (Å²) >= 11 is 0. The molecule has 4 heteroatoms. The number of aliphatic hydroxyl groups is 1. The molecule has 126 valence electrons. The highest BCUT2D eigenvalue weighted by molar-refractivity contribution is 5.90. The van der Waals surface area contributed by atoms with Crippen molar-refractivity contribution in [3.63, 3.8) is 0 Å². The highest BCUT2D eigenvalue weighted by Gasteiger charge is 2.56. The molecule has 4 nitrogen and oxygen atoms in total. The van der Waals surface area contributed by atoms with E-state index in [9.17, 15) is 9.90 Å². The van der Waals surface area contributed by atoms with Crippen molar-refractivity contribution < 1.29 is 9.90 Å². The predicted molar refractivity (Wildman–Crippen MR) is 91.1 cm³/mol. The van der Waals surface area contributed by atoms with Gasteiger partial charge in [0.25, 0.3) is 0 Å². The van der Waals surface area contributed by atoms with Gasteiger partial charge in [0, 0.05) is 12.1 Å². The molecule has 4 bridgehead atoms. The summed E-state index contributed by atoms with van der Waals surface area (Å²) in [5, 5.41) is 22.6. The van der Waals surface area contributed by atoms with E-state index in [0.717, 1.165) is 25.7 Å². The van der Waals surface area contributed by atoms with Crippen LogP contribution in [0.15, 0.2) is 24.3 Å². The number of nitriles is 1. The van der Waals surface area contributed by atoms with Gasteiger partial charge in [-0.15, -0.1) is 0 Å². The van der Waals surface area contributed by atoms with E-state index in [1.165, 1.54) is 19.3 Å². The Bertz CT molecular complexity index is 692. The van der Waals surface area contributed by atoms with Crippen LogP contribution in [-0.4, -0.2) is 16.6 Å². The zero-order valence-corrected chi connectivity index (χ0v) is 13.9. The van der Waals surface area contributed by atoms with Gasteiger partial charge in [-0.25, -0.2) is 0 Å². The van der Waals surface area contributed by atoms with Crippen molar-refractivity contribution in [3.05, 3.63) is 29.8 Å². The third kappa shape index (κ3) is 2.93. The Balaban J connectivity index is 1.38. The molecule has 2 atom stereocenters. The second-order valence-electron chi connectivity index (χ2n) is 8.43. The fourth-order valence-electron chi connectivity index (χ4n) is 5.96. The van der Waals surface area contributed by atoms with E-state index >= 15 is 0 Å². The first-order valence-electron chi connectivity index (χ1n) is 9.00. The number of hydrogen-bond donors (Lipinski definition) is 2. The highest BCUT2D eigenvalue weighted by atomic mass is 16.3. The van der Waals surface area contributed by atoms with Crippen LogP contribution >= 0.6 is 0 Å². The SMILES string of the molecule is N#Cc1cccc(NC(=O)CCC23CC4CC(CC(O)(C4)C2)C3)c1. The number of nitrogens with one attached hydrogen (secondary N) is 1. The van der Waals surface area contributed by atoms with Crippen LogP contribution in [-0.2, 0) is 4.79 Å². The Morgan fingerprint density at radius 1 is 1.29 bits per heavy atom. The maximum atomic E-state index is 12.3. The van der Waals surface area contributed by atoms with Crippen LogP contribution in [0.25, 0.3) is 0 Å². The predicted octanol–water partition coefficient (Wildman–Crippen LogP) is 3.61. The summed E-state index contributed by atoms with van der Waals surface area (Å²) in [5.74, 6) is 1.33. The van der Waals surface area contributed by atoms with E-state index in [-0.39, 0.29) is 11.3 Å². The lowest BCUT2D eigenvalue weighted by molar-refractivity contribution is -0.166. The van der Waals surface area contributed by atoms with E-state index in [1.54, 1.807) is 18.2 Å². The van der Waals surface area contributed by atoms with Gasteiger partial charge in [-0.05, 0) is 80.4 Å². The zero-order valence-electron chi connectivity index (χ0n) is 13.9. The van der Waals surface area contributed by atoms with Gasteiger partial charge in [0.15, 0.2) is 0 Å². The van der Waals surface area contributed by atoms with Gasteiger partial charge in [-0.2, -0.15) is 5.26 Å². The zero-order chi connectivity index (χ0) is 16.8. The van der Waals surface area contributed by atoms with Crippen LogP contribution in [0.3, 0.4) is 0 Å². The summed E-state index contributed by atoms with van der Waals surface area (Å²) in [5.41, 5.74) is 0.950. The quantitative estimate of drug-likeness (QED) is 0.888. The van der Waals surface area contributed by atoms with Crippen molar-refractivity contribution in [1.29, 1.82) is 5.26 Å². The van der Waals surface area contributed by atoms with E-state index in [2.05, 4.69) is 11.4 Å². The monoisotopic (exact) mass is 324 g/mol. The average molecular weight is 324 g/mol. The van der Waals surface area contributed by atoms with Gasteiger partial charge in [-0.1, -0.05) is 6.07 Å². The topological polar surface area (TPSA) is 73.1 Å². The average Bonchev–Trinajstić information content (AvgIpc) is 2.51. The first-order chi connectivity index (χ1) is 11.5. The second kappa shape index (κ2) is 5.60. The summed E-state index contributed by atoms with van der Waals surface area (Å²) < 4.78 is 0. The number of carbonyl (C=O) groups excluding carboxylic acids is 1. The molecule has 0 spiro atoms. The van der Waals surface area contributed by atoms with Gasteiger partial charge in [-0.3, -0.25) is 4.79 Å². The largest absolute Gasteiger partial charge is 0.390 e. The molecule has 5 rings (SSSR count). The Morgan fingerprint density at radius 2 is 2.04 bits per heavy atom. The third-order valence-electron chi connectivity index (χ3n) is 6.31. The van der Waals surface area contributed by atoms with Crippen molar-refractivity contribution in [2.75, 3.05) is 5.32 Å². The Labute approximate surface area is 142 Å². The molecule has 0 saturated heterocycles. The van der Waals surface area contributed by atoms with Gasteiger partial charge in [0.1, 0.15) is 0 Å². The molecule has 0 aliphatic heterocycles. The number of carbonyl (C=O) groups is 1. The fourth-order valence-corrected chi connectivity index (χ4v) is 5.96. The maximum absolute atomic E-state index is 12.3. The molecule has 0 heterocycles. The normalized spacial score (nSPS) is 36.3. The first kappa shape index (κ1) is 15.7. The molecule has 2 N–H and O–H groups in total. The second-order valence-corrected chi connectivity index (χ2v) is 8.43. The minimum atomic E-state index is -0.457. The number of rotatable bonds is 4. The Morgan fingerprint density at radius 3 is 2.71 bits per heavy atom. The van der Waals surface area contributed by atoms with Crippen LogP contribution in [0.1, 0.15) is 56.9 Å². The van der Waals surface area contributed by atoms with Gasteiger partial charge < -0.3 is 10.4 Å². The highest BCUT2D eigenvalue weighted by Crippen LogP contribution is 2.63. The summed E-state index contributed by atoms with van der Waals surface area (Å²) in [7, 11) is 0. The third-order valence-corrected chi connectivity index (χ3v) is 6.31. The van der Waals surface area contributed by atoms with Crippen LogP contribution in [0.2, 0.25) is 0 Å². The summed E-state index contributed by atoms with van der Waals surface area (Å²) in [6.07, 6.45) is 7.82. The van der Waals surface area contributed by atoms with E-state index in [1.807, 2.05) is 6.07 Å². The van der Waals surface area contributed by atoms with E-state index in [0.29, 0.717) is 29.5 Å².